The van der Waals surface area contributed by atoms with Crippen LogP contribution >= 0.6 is 0 Å². The molecular formula is C38H51N5O4. The second-order valence-electron chi connectivity index (χ2n) is 14.6. The largest absolute Gasteiger partial charge is 0.496 e. The van der Waals surface area contributed by atoms with Gasteiger partial charge >= 0.3 is 0 Å². The predicted octanol–water partition coefficient (Wildman–Crippen LogP) is 6.26. The molecule has 1 N–H and O–H groups in total. The van der Waals surface area contributed by atoms with Gasteiger partial charge in [-0.1, -0.05) is 19.9 Å². The van der Waals surface area contributed by atoms with Crippen LogP contribution in [0.15, 0.2) is 42.5 Å². The summed E-state index contributed by atoms with van der Waals surface area (Å²) in [5, 5.41) is 8.44. The number of rotatable bonds is 12. The molecule has 3 aromatic rings. The van der Waals surface area contributed by atoms with E-state index >= 15 is 0 Å². The minimum absolute atomic E-state index is 0.0139. The van der Waals surface area contributed by atoms with Crippen LogP contribution in [0.1, 0.15) is 84.7 Å². The summed E-state index contributed by atoms with van der Waals surface area (Å²) in [6.07, 6.45) is 7.18. The van der Waals surface area contributed by atoms with Gasteiger partial charge in [-0.15, -0.1) is 0 Å². The minimum atomic E-state index is -0.145. The molecule has 0 atom stereocenters. The summed E-state index contributed by atoms with van der Waals surface area (Å²) in [7, 11) is 9.20. The van der Waals surface area contributed by atoms with Crippen LogP contribution in [0.2, 0.25) is 0 Å². The first-order valence-electron chi connectivity index (χ1n) is 17.2. The summed E-state index contributed by atoms with van der Waals surface area (Å²) in [6, 6.07) is 13.5. The Balaban J connectivity index is 1.38. The van der Waals surface area contributed by atoms with E-state index in [-0.39, 0.29) is 23.8 Å². The molecule has 47 heavy (non-hydrogen) atoms. The molecule has 0 aliphatic heterocycles. The van der Waals surface area contributed by atoms with Gasteiger partial charge in [-0.2, -0.15) is 5.10 Å². The van der Waals surface area contributed by atoms with E-state index in [1.807, 2.05) is 68.3 Å². The van der Waals surface area contributed by atoms with Crippen LogP contribution < -0.4 is 14.8 Å². The molecule has 4 bridgehead atoms. The summed E-state index contributed by atoms with van der Waals surface area (Å²) in [6.45, 7) is 5.82. The molecule has 252 valence electrons. The van der Waals surface area contributed by atoms with E-state index in [4.69, 9.17) is 14.6 Å². The van der Waals surface area contributed by atoms with Gasteiger partial charge in [0.05, 0.1) is 31.2 Å². The van der Waals surface area contributed by atoms with Crippen molar-refractivity contribution in [1.82, 2.24) is 24.9 Å². The van der Waals surface area contributed by atoms with Crippen LogP contribution in [-0.2, 0) is 0 Å². The van der Waals surface area contributed by atoms with Crippen LogP contribution in [0, 0.1) is 23.7 Å². The van der Waals surface area contributed by atoms with Crippen LogP contribution in [0.25, 0.3) is 16.9 Å². The molecule has 7 rings (SSSR count). The first-order valence-corrected chi connectivity index (χ1v) is 17.2. The summed E-state index contributed by atoms with van der Waals surface area (Å²) in [5.41, 5.74) is 4.17. The summed E-state index contributed by atoms with van der Waals surface area (Å²) in [5.74, 6) is 3.95. The van der Waals surface area contributed by atoms with Gasteiger partial charge in [-0.25, -0.2) is 4.68 Å². The quantitative estimate of drug-likeness (QED) is 0.251. The van der Waals surface area contributed by atoms with Crippen molar-refractivity contribution in [3.8, 4) is 28.4 Å². The number of amides is 2. The number of nitrogens with zero attached hydrogens (tertiary/aromatic N) is 4. The van der Waals surface area contributed by atoms with Gasteiger partial charge in [-0.3, -0.25) is 9.59 Å². The summed E-state index contributed by atoms with van der Waals surface area (Å²) < 4.78 is 13.5. The van der Waals surface area contributed by atoms with E-state index in [9.17, 15) is 9.59 Å². The molecule has 4 saturated carbocycles. The monoisotopic (exact) mass is 641 g/mol. The molecule has 0 unspecified atom stereocenters. The Hall–Kier alpha value is -3.85. The van der Waals surface area contributed by atoms with Crippen LogP contribution in [0.3, 0.4) is 0 Å². The Morgan fingerprint density at radius 3 is 2.13 bits per heavy atom. The Morgan fingerprint density at radius 2 is 1.55 bits per heavy atom. The normalized spacial score (nSPS) is 23.0. The van der Waals surface area contributed by atoms with E-state index in [1.165, 1.54) is 32.1 Å². The van der Waals surface area contributed by atoms with Crippen molar-refractivity contribution in [2.75, 3.05) is 48.5 Å². The fourth-order valence-corrected chi connectivity index (χ4v) is 8.63. The molecule has 4 aliphatic carbocycles. The molecule has 2 aromatic carbocycles. The molecule has 9 nitrogen and oxygen atoms in total. The SMILES string of the molecule is COc1cccc(OC)c1-c1cc(C(=O)NC2C3CC4CC(C3)CC2C4)nn1-c1ccc(C(=O)N(C)CCCN(C)C)cc1C(C)C. The van der Waals surface area contributed by atoms with E-state index in [0.29, 0.717) is 52.4 Å². The highest BCUT2D eigenvalue weighted by atomic mass is 16.5. The number of hydrogen-bond donors (Lipinski definition) is 1. The molecular weight excluding hydrogens is 590 g/mol. The first kappa shape index (κ1) is 33.1. The number of hydrogen-bond acceptors (Lipinski definition) is 6. The van der Waals surface area contributed by atoms with Crippen LogP contribution in [0.5, 0.6) is 11.5 Å². The Morgan fingerprint density at radius 1 is 0.915 bits per heavy atom. The van der Waals surface area contributed by atoms with Gasteiger partial charge < -0.3 is 24.6 Å². The molecule has 1 heterocycles. The number of carbonyl (C=O) groups is 2. The van der Waals surface area contributed by atoms with Crippen molar-refractivity contribution in [2.45, 2.75) is 64.3 Å². The molecule has 1 aromatic heterocycles. The maximum Gasteiger partial charge on any atom is 0.272 e. The zero-order valence-corrected chi connectivity index (χ0v) is 29.1. The zero-order valence-electron chi connectivity index (χ0n) is 29.1. The molecule has 9 heteroatoms. The molecule has 0 radical (unpaired) electrons. The van der Waals surface area contributed by atoms with E-state index < -0.39 is 0 Å². The molecule has 4 fully saturated rings. The van der Waals surface area contributed by atoms with Crippen molar-refractivity contribution in [3.63, 3.8) is 0 Å². The van der Waals surface area contributed by atoms with Crippen molar-refractivity contribution >= 4 is 11.8 Å². The first-order chi connectivity index (χ1) is 22.6. The second-order valence-corrected chi connectivity index (χ2v) is 14.6. The molecule has 0 spiro atoms. The Kier molecular flexibility index (Phi) is 9.65. The number of aromatic nitrogens is 2. The van der Waals surface area contributed by atoms with Crippen LogP contribution in [0.4, 0.5) is 0 Å². The van der Waals surface area contributed by atoms with Gasteiger partial charge in [-0.05, 0) is 131 Å². The lowest BCUT2D eigenvalue weighted by Crippen LogP contribution is -2.55. The average Bonchev–Trinajstić information content (AvgIpc) is 3.49. The van der Waals surface area contributed by atoms with Crippen molar-refractivity contribution in [3.05, 3.63) is 59.3 Å². The maximum absolute atomic E-state index is 14.0. The van der Waals surface area contributed by atoms with Gasteiger partial charge in [0.2, 0.25) is 0 Å². The fraction of sp³-hybridized carbons (Fsp3) is 0.553. The predicted molar refractivity (Wildman–Crippen MR) is 185 cm³/mol. The molecule has 2 amide bonds. The van der Waals surface area contributed by atoms with Gasteiger partial charge in [0.1, 0.15) is 11.5 Å². The summed E-state index contributed by atoms with van der Waals surface area (Å²) >= 11 is 0. The van der Waals surface area contributed by atoms with Crippen molar-refractivity contribution < 1.29 is 19.1 Å². The summed E-state index contributed by atoms with van der Waals surface area (Å²) in [4.78, 5) is 31.4. The highest BCUT2D eigenvalue weighted by Crippen LogP contribution is 2.53. The zero-order chi connectivity index (χ0) is 33.4. The fourth-order valence-electron chi connectivity index (χ4n) is 8.63. The number of ether oxygens (including phenoxy) is 2. The van der Waals surface area contributed by atoms with E-state index in [2.05, 4.69) is 24.1 Å². The van der Waals surface area contributed by atoms with Gasteiger partial charge in [0.25, 0.3) is 11.8 Å². The lowest BCUT2D eigenvalue weighted by molar-refractivity contribution is -0.0120. The van der Waals surface area contributed by atoms with Gasteiger partial charge in [0.15, 0.2) is 5.69 Å². The Bertz CT molecular complexity index is 1560. The third-order valence-electron chi connectivity index (χ3n) is 10.7. The molecule has 4 aliphatic rings. The van der Waals surface area contributed by atoms with Crippen molar-refractivity contribution in [2.24, 2.45) is 23.7 Å². The Labute approximate surface area is 279 Å². The van der Waals surface area contributed by atoms with E-state index in [0.717, 1.165) is 36.1 Å². The number of carbonyl (C=O) groups excluding carboxylic acids is 2. The smallest absolute Gasteiger partial charge is 0.272 e. The number of nitrogens with one attached hydrogen (secondary N) is 1. The van der Waals surface area contributed by atoms with Crippen molar-refractivity contribution in [1.29, 1.82) is 0 Å². The lowest BCUT2D eigenvalue weighted by atomic mass is 9.54. The number of methoxy groups -OCH3 is 2. The highest BCUT2D eigenvalue weighted by molar-refractivity contribution is 5.96. The standard InChI is InChI=1S/C38H51N5O4/c1-23(2)29-21-26(38(45)42(5)15-9-14-41(3)4)12-13-31(29)43-32(35-33(46-6)10-8-11-34(35)47-7)22-30(40-43)37(44)39-36-27-17-24-16-25(19-27)20-28(36)18-24/h8,10-13,21-25,27-28,36H,9,14-20H2,1-7H3,(H,39,44). The lowest BCUT2D eigenvalue weighted by Gasteiger charge is -2.54. The third-order valence-corrected chi connectivity index (χ3v) is 10.7. The van der Waals surface area contributed by atoms with Crippen LogP contribution in [-0.4, -0.2) is 85.9 Å². The van der Waals surface area contributed by atoms with Gasteiger partial charge in [0, 0.05) is 25.2 Å². The average molecular weight is 642 g/mol. The van der Waals surface area contributed by atoms with E-state index in [1.54, 1.807) is 19.1 Å². The maximum atomic E-state index is 14.0. The highest BCUT2D eigenvalue weighted by Gasteiger charge is 2.48. The topological polar surface area (TPSA) is 88.9 Å². The minimum Gasteiger partial charge on any atom is -0.496 e. The molecule has 0 saturated heterocycles. The third kappa shape index (κ3) is 6.64. The second kappa shape index (κ2) is 13.7. The number of benzene rings is 2.